The molecule has 3 N–H and O–H groups in total. The summed E-state index contributed by atoms with van der Waals surface area (Å²) in [7, 11) is 0. The Balaban J connectivity index is 0.00000126. The third-order valence-electron chi connectivity index (χ3n) is 4.51. The van der Waals surface area contributed by atoms with Crippen molar-refractivity contribution in [2.75, 3.05) is 17.6 Å². The van der Waals surface area contributed by atoms with E-state index in [-0.39, 0.29) is 6.04 Å². The van der Waals surface area contributed by atoms with E-state index in [2.05, 4.69) is 37.4 Å². The third-order valence-corrected chi connectivity index (χ3v) is 6.38. The average molecular weight is 504 g/mol. The predicted octanol–water partition coefficient (Wildman–Crippen LogP) is 3.56. The van der Waals surface area contributed by atoms with Crippen LogP contribution in [0.15, 0.2) is 12.4 Å². The van der Waals surface area contributed by atoms with Crippen LogP contribution >= 0.6 is 28.4 Å². The number of halogens is 1. The second kappa shape index (κ2) is 10.2. The molecule has 0 aromatic carbocycles. The molecule has 3 rings (SSSR count). The van der Waals surface area contributed by atoms with Crippen LogP contribution in [0.25, 0.3) is 10.9 Å². The minimum absolute atomic E-state index is 0.137. The Hall–Kier alpha value is -1.48. The standard InChI is InChI=1S/C15H20IN6O2P.C2H6/c1-2-9-5-3-4-6-21(9)15(24)14(23)20-11-8-18-13(17)10-7-19-22(25-16)12(10)11;1-2/h7-9,25H,2-6H2,1H3,(H2,17,18)(H,20,23);1-2H3. The molecule has 1 aliphatic heterocycles. The van der Waals surface area contributed by atoms with Crippen molar-refractivity contribution in [3.8, 4) is 0 Å². The van der Waals surface area contributed by atoms with E-state index in [4.69, 9.17) is 5.73 Å². The second-order valence-corrected chi connectivity index (χ2v) is 8.01. The van der Waals surface area contributed by atoms with Crippen LogP contribution in [-0.4, -0.2) is 43.8 Å². The molecule has 2 amide bonds. The van der Waals surface area contributed by atoms with Gasteiger partial charge < -0.3 is 16.0 Å². The molecule has 2 aromatic rings. The molecule has 8 nitrogen and oxygen atoms in total. The molecule has 3 heterocycles. The number of nitrogens with two attached hydrogens (primary N) is 1. The summed E-state index contributed by atoms with van der Waals surface area (Å²) in [5.41, 5.74) is 7.03. The lowest BCUT2D eigenvalue weighted by Gasteiger charge is -2.34. The fourth-order valence-corrected chi connectivity index (χ4v) is 4.74. The number of likely N-dealkylation sites (tertiary alicyclic amines) is 1. The summed E-state index contributed by atoms with van der Waals surface area (Å²) in [4.78, 5) is 30.9. The van der Waals surface area contributed by atoms with Crippen molar-refractivity contribution in [1.82, 2.24) is 19.4 Å². The van der Waals surface area contributed by atoms with Crippen molar-refractivity contribution in [2.24, 2.45) is 0 Å². The highest BCUT2D eigenvalue weighted by atomic mass is 127. The normalized spacial score (nSPS) is 17.0. The van der Waals surface area contributed by atoms with Gasteiger partial charge in [0.25, 0.3) is 0 Å². The molecule has 2 atom stereocenters. The molecule has 0 radical (unpaired) electrons. The second-order valence-electron chi connectivity index (χ2n) is 5.97. The fourth-order valence-electron chi connectivity index (χ4n) is 3.21. The van der Waals surface area contributed by atoms with Crippen LogP contribution in [0.5, 0.6) is 0 Å². The van der Waals surface area contributed by atoms with Gasteiger partial charge in [0, 0.05) is 12.6 Å². The first-order chi connectivity index (χ1) is 13.1. The van der Waals surface area contributed by atoms with Crippen LogP contribution in [0.3, 0.4) is 0 Å². The number of piperidine rings is 1. The number of anilines is 2. The molecule has 10 heteroatoms. The van der Waals surface area contributed by atoms with Crippen LogP contribution in [0, 0.1) is 0 Å². The Morgan fingerprint density at radius 2 is 2.11 bits per heavy atom. The monoisotopic (exact) mass is 504 g/mol. The molecule has 0 bridgehead atoms. The van der Waals surface area contributed by atoms with E-state index < -0.39 is 11.8 Å². The molecule has 0 spiro atoms. The number of aromatic nitrogens is 3. The number of amides is 2. The van der Waals surface area contributed by atoms with Gasteiger partial charge in [-0.25, -0.2) is 9.44 Å². The molecular weight excluding hydrogens is 478 g/mol. The third kappa shape index (κ3) is 4.68. The van der Waals surface area contributed by atoms with E-state index in [1.54, 1.807) is 15.5 Å². The lowest BCUT2D eigenvalue weighted by molar-refractivity contribution is -0.145. The Labute approximate surface area is 174 Å². The summed E-state index contributed by atoms with van der Waals surface area (Å²) in [5.74, 6) is -0.778. The topological polar surface area (TPSA) is 106 Å². The average Bonchev–Trinajstić information content (AvgIpc) is 3.16. The maximum atomic E-state index is 12.6. The van der Waals surface area contributed by atoms with Crippen molar-refractivity contribution >= 4 is 62.6 Å². The number of carbonyl (C=O) groups excluding carboxylic acids is 2. The van der Waals surface area contributed by atoms with Crippen molar-refractivity contribution < 1.29 is 9.59 Å². The van der Waals surface area contributed by atoms with Crippen LogP contribution in [0.4, 0.5) is 11.5 Å². The van der Waals surface area contributed by atoms with Gasteiger partial charge in [-0.1, -0.05) is 20.8 Å². The first kappa shape index (κ1) is 21.8. The number of nitrogens with zero attached hydrogens (tertiary/aromatic N) is 4. The number of nitrogen functional groups attached to an aromatic ring is 1. The van der Waals surface area contributed by atoms with Gasteiger partial charge >= 0.3 is 11.8 Å². The largest absolute Gasteiger partial charge is 0.383 e. The molecular formula is C17H26IN6O2P. The van der Waals surface area contributed by atoms with Crippen LogP contribution in [0.1, 0.15) is 46.5 Å². The minimum atomic E-state index is -0.641. The van der Waals surface area contributed by atoms with Crippen molar-refractivity contribution in [3.63, 3.8) is 0 Å². The number of rotatable bonds is 3. The molecule has 0 saturated carbocycles. The summed E-state index contributed by atoms with van der Waals surface area (Å²) < 4.78 is 1.74. The molecule has 1 fully saturated rings. The smallest absolute Gasteiger partial charge is 0.314 e. The van der Waals surface area contributed by atoms with Crippen molar-refractivity contribution in [2.45, 2.75) is 52.5 Å². The predicted molar refractivity (Wildman–Crippen MR) is 119 cm³/mol. The maximum absolute atomic E-state index is 12.6. The fraction of sp³-hybridized carbons (Fsp3) is 0.529. The van der Waals surface area contributed by atoms with E-state index in [0.29, 0.717) is 35.3 Å². The molecule has 27 heavy (non-hydrogen) atoms. The van der Waals surface area contributed by atoms with E-state index in [1.807, 2.05) is 20.8 Å². The van der Waals surface area contributed by atoms with Gasteiger partial charge in [-0.15, -0.1) is 0 Å². The summed E-state index contributed by atoms with van der Waals surface area (Å²) >= 11 is 2.20. The first-order valence-electron chi connectivity index (χ1n) is 9.17. The summed E-state index contributed by atoms with van der Waals surface area (Å²) in [6, 6.07) is 0.137. The van der Waals surface area contributed by atoms with Gasteiger partial charge in [-0.2, -0.15) is 5.10 Å². The van der Waals surface area contributed by atoms with Crippen LogP contribution < -0.4 is 11.1 Å². The van der Waals surface area contributed by atoms with Crippen molar-refractivity contribution in [1.29, 1.82) is 0 Å². The van der Waals surface area contributed by atoms with Gasteiger partial charge in [-0.3, -0.25) is 9.59 Å². The van der Waals surface area contributed by atoms with E-state index in [0.717, 1.165) is 25.7 Å². The Bertz CT molecular complexity index is 812. The number of pyridine rings is 1. The lowest BCUT2D eigenvalue weighted by atomic mass is 10.00. The number of carbonyl (C=O) groups is 2. The summed E-state index contributed by atoms with van der Waals surface area (Å²) in [6.45, 7) is 6.68. The molecule has 2 unspecified atom stereocenters. The van der Waals surface area contributed by atoms with Crippen LogP contribution in [-0.2, 0) is 9.59 Å². The number of hydrogen-bond acceptors (Lipinski definition) is 5. The minimum Gasteiger partial charge on any atom is -0.383 e. The maximum Gasteiger partial charge on any atom is 0.314 e. The van der Waals surface area contributed by atoms with Gasteiger partial charge in [0.1, 0.15) is 11.3 Å². The number of hydrogen-bond donors (Lipinski definition) is 2. The zero-order chi connectivity index (χ0) is 20.0. The van der Waals surface area contributed by atoms with Gasteiger partial charge in [0.15, 0.2) is 0 Å². The molecule has 1 saturated heterocycles. The van der Waals surface area contributed by atoms with Crippen LogP contribution in [0.2, 0.25) is 0 Å². The highest BCUT2D eigenvalue weighted by molar-refractivity contribution is 14.2. The molecule has 0 aliphatic carbocycles. The Kier molecular flexibility index (Phi) is 8.22. The zero-order valence-corrected chi connectivity index (χ0v) is 19.0. The van der Waals surface area contributed by atoms with E-state index in [1.165, 1.54) is 6.20 Å². The Morgan fingerprint density at radius 1 is 1.37 bits per heavy atom. The quantitative estimate of drug-likeness (QED) is 0.378. The SMILES string of the molecule is CC.CCC1CCCCN1C(=O)C(=O)Nc1cnc(N)c2cnn(PI)c12. The number of fused-ring (bicyclic) bond motifs is 1. The van der Waals surface area contributed by atoms with E-state index in [9.17, 15) is 9.59 Å². The van der Waals surface area contributed by atoms with E-state index >= 15 is 0 Å². The summed E-state index contributed by atoms with van der Waals surface area (Å²) in [6.07, 6.45) is 7.28. The number of nitrogens with one attached hydrogen (secondary N) is 1. The zero-order valence-electron chi connectivity index (χ0n) is 15.8. The first-order valence-corrected chi connectivity index (χ1v) is 13.2. The van der Waals surface area contributed by atoms with Gasteiger partial charge in [-0.05, 0) is 47.7 Å². The van der Waals surface area contributed by atoms with Crippen molar-refractivity contribution in [3.05, 3.63) is 12.4 Å². The van der Waals surface area contributed by atoms with Gasteiger partial charge in [0.05, 0.1) is 29.8 Å². The highest BCUT2D eigenvalue weighted by Gasteiger charge is 2.30. The lowest BCUT2D eigenvalue weighted by Crippen LogP contribution is -2.48. The summed E-state index contributed by atoms with van der Waals surface area (Å²) in [5, 5.41) is 7.63. The Morgan fingerprint density at radius 3 is 2.78 bits per heavy atom. The molecule has 1 aliphatic rings. The highest BCUT2D eigenvalue weighted by Crippen LogP contribution is 2.34. The van der Waals surface area contributed by atoms with Gasteiger partial charge in [0.2, 0.25) is 0 Å². The molecule has 2 aromatic heterocycles. The molecule has 148 valence electrons.